The van der Waals surface area contributed by atoms with Crippen LogP contribution in [0.15, 0.2) is 47.9 Å². The zero-order chi connectivity index (χ0) is 8.55. The lowest BCUT2D eigenvalue weighted by molar-refractivity contribution is 0.645. The van der Waals surface area contributed by atoms with Gasteiger partial charge in [-0.15, -0.1) is 0 Å². The van der Waals surface area contributed by atoms with E-state index >= 15 is 0 Å². The van der Waals surface area contributed by atoms with E-state index in [0.717, 1.165) is 0 Å². The van der Waals surface area contributed by atoms with E-state index in [1.807, 2.05) is 24.3 Å². The van der Waals surface area contributed by atoms with Crippen LogP contribution < -0.4 is 11.5 Å². The first-order valence-corrected chi connectivity index (χ1v) is 4.07. The normalized spacial score (nSPS) is 32.3. The Hall–Kier alpha value is -1.44. The van der Waals surface area contributed by atoms with Crippen molar-refractivity contribution in [2.45, 2.75) is 0 Å². The van der Waals surface area contributed by atoms with Gasteiger partial charge in [0.2, 0.25) is 0 Å². The van der Waals surface area contributed by atoms with Crippen LogP contribution in [-0.4, -0.2) is 0 Å². The third-order valence-electron chi connectivity index (χ3n) is 2.30. The van der Waals surface area contributed by atoms with Crippen LogP contribution in [0.1, 0.15) is 0 Å². The van der Waals surface area contributed by atoms with Crippen LogP contribution in [-0.2, 0) is 0 Å². The topological polar surface area (TPSA) is 52.0 Å². The van der Waals surface area contributed by atoms with Crippen molar-refractivity contribution in [2.24, 2.45) is 23.3 Å². The second kappa shape index (κ2) is 2.55. The van der Waals surface area contributed by atoms with Crippen LogP contribution in [0.25, 0.3) is 0 Å². The summed E-state index contributed by atoms with van der Waals surface area (Å²) < 4.78 is 0. The number of fused-ring (bicyclic) bond motifs is 1. The summed E-state index contributed by atoms with van der Waals surface area (Å²) >= 11 is 0. The maximum Gasteiger partial charge on any atom is 0.0510 e. The Morgan fingerprint density at radius 3 is 1.67 bits per heavy atom. The highest BCUT2D eigenvalue weighted by Gasteiger charge is 2.19. The van der Waals surface area contributed by atoms with Gasteiger partial charge in [0.25, 0.3) is 0 Å². The van der Waals surface area contributed by atoms with Crippen molar-refractivity contribution in [1.82, 2.24) is 0 Å². The first-order chi connectivity index (χ1) is 5.77. The maximum atomic E-state index is 5.70. The zero-order valence-electron chi connectivity index (χ0n) is 6.77. The first kappa shape index (κ1) is 7.22. The van der Waals surface area contributed by atoms with Crippen molar-refractivity contribution in [3.63, 3.8) is 0 Å². The number of allylic oxidation sites excluding steroid dienone is 6. The van der Waals surface area contributed by atoms with Gasteiger partial charge in [-0.3, -0.25) is 0 Å². The Labute approximate surface area is 71.9 Å². The lowest BCUT2D eigenvalue weighted by Gasteiger charge is -2.23. The number of rotatable bonds is 0. The lowest BCUT2D eigenvalue weighted by atomic mass is 9.83. The molecule has 0 bridgehead atoms. The Balaban J connectivity index is 2.33. The number of nitrogens with two attached hydrogens (primary N) is 2. The predicted molar refractivity (Wildman–Crippen MR) is 49.8 cm³/mol. The summed E-state index contributed by atoms with van der Waals surface area (Å²) in [5.74, 6) is 0.810. The molecular weight excluding hydrogens is 148 g/mol. The van der Waals surface area contributed by atoms with Crippen molar-refractivity contribution in [3.8, 4) is 0 Å². The molecule has 2 rings (SSSR count). The Kier molecular flexibility index (Phi) is 1.54. The molecule has 0 radical (unpaired) electrons. The Morgan fingerprint density at radius 1 is 0.833 bits per heavy atom. The molecule has 4 N–H and O–H groups in total. The number of hydrogen-bond donors (Lipinski definition) is 2. The molecule has 0 saturated heterocycles. The molecule has 0 aromatic carbocycles. The van der Waals surface area contributed by atoms with Gasteiger partial charge in [-0.2, -0.15) is 0 Å². The molecule has 2 nitrogen and oxygen atoms in total. The smallest absolute Gasteiger partial charge is 0.0510 e. The van der Waals surface area contributed by atoms with Crippen molar-refractivity contribution in [3.05, 3.63) is 47.9 Å². The predicted octanol–water partition coefficient (Wildman–Crippen LogP) is 1.04. The molecule has 0 aliphatic heterocycles. The summed E-state index contributed by atoms with van der Waals surface area (Å²) in [6.45, 7) is 0. The number of hydrogen-bond acceptors (Lipinski definition) is 2. The molecular formula is C10H12N2. The van der Waals surface area contributed by atoms with Gasteiger partial charge in [0.15, 0.2) is 0 Å². The van der Waals surface area contributed by atoms with Crippen LogP contribution in [0, 0.1) is 11.8 Å². The second-order valence-electron chi connectivity index (χ2n) is 3.17. The van der Waals surface area contributed by atoms with Gasteiger partial charge in [-0.05, 0) is 0 Å². The molecule has 0 saturated carbocycles. The minimum absolute atomic E-state index is 0.405. The fourth-order valence-corrected chi connectivity index (χ4v) is 1.58. The Bertz CT molecular complexity index is 276. The highest BCUT2D eigenvalue weighted by atomic mass is 14.7. The van der Waals surface area contributed by atoms with Crippen LogP contribution in [0.2, 0.25) is 0 Å². The minimum Gasteiger partial charge on any atom is -0.397 e. The average Bonchev–Trinajstić information content (AvgIpc) is 2.07. The summed E-state index contributed by atoms with van der Waals surface area (Å²) in [6, 6.07) is 0. The fourth-order valence-electron chi connectivity index (χ4n) is 1.58. The molecule has 12 heavy (non-hydrogen) atoms. The molecule has 0 amide bonds. The van der Waals surface area contributed by atoms with Gasteiger partial charge in [0.1, 0.15) is 0 Å². The van der Waals surface area contributed by atoms with Crippen LogP contribution >= 0.6 is 0 Å². The molecule has 62 valence electrons. The van der Waals surface area contributed by atoms with Crippen molar-refractivity contribution >= 4 is 0 Å². The highest BCUT2D eigenvalue weighted by Crippen LogP contribution is 2.28. The van der Waals surface area contributed by atoms with Gasteiger partial charge in [-0.25, -0.2) is 0 Å². The molecule has 2 atom stereocenters. The van der Waals surface area contributed by atoms with Crippen molar-refractivity contribution in [1.29, 1.82) is 0 Å². The second-order valence-corrected chi connectivity index (χ2v) is 3.17. The molecule has 0 aromatic heterocycles. The molecule has 0 aromatic rings. The lowest BCUT2D eigenvalue weighted by Crippen LogP contribution is -2.21. The van der Waals surface area contributed by atoms with Gasteiger partial charge < -0.3 is 11.5 Å². The van der Waals surface area contributed by atoms with Crippen LogP contribution in [0.3, 0.4) is 0 Å². The van der Waals surface area contributed by atoms with Crippen LogP contribution in [0.4, 0.5) is 0 Å². The van der Waals surface area contributed by atoms with E-state index in [-0.39, 0.29) is 0 Å². The maximum absolute atomic E-state index is 5.70. The standard InChI is InChI=1S/C10H12N2/c11-9-5-7-3-1-2-4-8(7)6-10(9)12/h1-8H,11-12H2/t7-,8?/m1/s1. The zero-order valence-corrected chi connectivity index (χ0v) is 6.77. The monoisotopic (exact) mass is 160 g/mol. The van der Waals surface area contributed by atoms with E-state index in [0.29, 0.717) is 23.2 Å². The molecule has 0 heterocycles. The summed E-state index contributed by atoms with van der Waals surface area (Å²) in [5, 5.41) is 0. The van der Waals surface area contributed by atoms with E-state index in [4.69, 9.17) is 11.5 Å². The first-order valence-electron chi connectivity index (χ1n) is 4.07. The van der Waals surface area contributed by atoms with E-state index in [9.17, 15) is 0 Å². The summed E-state index contributed by atoms with van der Waals surface area (Å²) in [5.41, 5.74) is 12.8. The molecule has 2 aliphatic rings. The van der Waals surface area contributed by atoms with E-state index in [2.05, 4.69) is 12.2 Å². The van der Waals surface area contributed by atoms with Crippen molar-refractivity contribution < 1.29 is 0 Å². The van der Waals surface area contributed by atoms with Gasteiger partial charge in [0.05, 0.1) is 11.4 Å². The summed E-state index contributed by atoms with van der Waals surface area (Å²) in [6.07, 6.45) is 12.4. The summed E-state index contributed by atoms with van der Waals surface area (Å²) in [4.78, 5) is 0. The van der Waals surface area contributed by atoms with E-state index < -0.39 is 0 Å². The Morgan fingerprint density at radius 2 is 1.25 bits per heavy atom. The quantitative estimate of drug-likeness (QED) is 0.556. The molecule has 1 unspecified atom stereocenters. The van der Waals surface area contributed by atoms with E-state index in [1.54, 1.807) is 0 Å². The summed E-state index contributed by atoms with van der Waals surface area (Å²) in [7, 11) is 0. The fraction of sp³-hybridized carbons (Fsp3) is 0.200. The van der Waals surface area contributed by atoms with Crippen molar-refractivity contribution in [2.75, 3.05) is 0 Å². The molecule has 0 spiro atoms. The molecule has 2 aliphatic carbocycles. The molecule has 2 heteroatoms. The van der Waals surface area contributed by atoms with Gasteiger partial charge >= 0.3 is 0 Å². The molecule has 0 fully saturated rings. The van der Waals surface area contributed by atoms with Gasteiger partial charge in [0, 0.05) is 11.8 Å². The van der Waals surface area contributed by atoms with E-state index in [1.165, 1.54) is 0 Å². The highest BCUT2D eigenvalue weighted by molar-refractivity contribution is 5.37. The largest absolute Gasteiger partial charge is 0.397 e. The average molecular weight is 160 g/mol. The third-order valence-corrected chi connectivity index (χ3v) is 2.30. The SMILES string of the molecule is NC1=CC2C=CC=C[C@@H]2C=C1N. The minimum atomic E-state index is 0.405. The van der Waals surface area contributed by atoms with Crippen LogP contribution in [0.5, 0.6) is 0 Å². The van der Waals surface area contributed by atoms with Gasteiger partial charge in [-0.1, -0.05) is 36.5 Å². The third kappa shape index (κ3) is 1.05.